The minimum Gasteiger partial charge on any atom is -0.452 e. The monoisotopic (exact) mass is 562 g/mol. The number of hydrogen-bond acceptors (Lipinski definition) is 5. The third-order valence-corrected chi connectivity index (χ3v) is 8.96. The first-order valence-electron chi connectivity index (χ1n) is 12.8. The minimum atomic E-state index is -0.757. The molecule has 3 fully saturated rings. The van der Waals surface area contributed by atoms with Gasteiger partial charge < -0.3 is 10.1 Å². The fraction of sp³-hybridized carbons (Fsp3) is 0.267. The van der Waals surface area contributed by atoms with Crippen molar-refractivity contribution in [3.63, 3.8) is 0 Å². The Morgan fingerprint density at radius 1 is 0.897 bits per heavy atom. The van der Waals surface area contributed by atoms with Gasteiger partial charge >= 0.3 is 5.97 Å². The first kappa shape index (κ1) is 25.6. The molecule has 6 rings (SSSR count). The molecule has 0 aromatic heterocycles. The van der Waals surface area contributed by atoms with Crippen molar-refractivity contribution in [1.29, 1.82) is 0 Å². The summed E-state index contributed by atoms with van der Waals surface area (Å²) in [7, 11) is 0. The third-order valence-electron chi connectivity index (χ3n) is 8.14. The second-order valence-electron chi connectivity index (χ2n) is 10.3. The van der Waals surface area contributed by atoms with Gasteiger partial charge in [0.25, 0.3) is 5.91 Å². The molecule has 2 aliphatic carbocycles. The number of carbonyl (C=O) groups excluding carboxylic acids is 4. The van der Waals surface area contributed by atoms with Gasteiger partial charge in [-0.3, -0.25) is 19.3 Å². The van der Waals surface area contributed by atoms with Gasteiger partial charge in [-0.15, -0.1) is 0 Å². The molecule has 1 heterocycles. The molecule has 7 nitrogen and oxygen atoms in total. The van der Waals surface area contributed by atoms with E-state index in [-0.39, 0.29) is 57.0 Å². The molecular formula is C30H24Cl2N2O5. The number of carbonyl (C=O) groups is 4. The van der Waals surface area contributed by atoms with Gasteiger partial charge in [-0.2, -0.15) is 0 Å². The van der Waals surface area contributed by atoms with Crippen molar-refractivity contribution in [3.05, 3.63) is 94.0 Å². The summed E-state index contributed by atoms with van der Waals surface area (Å²) in [5, 5.41) is 3.01. The van der Waals surface area contributed by atoms with Crippen molar-refractivity contribution < 1.29 is 23.9 Å². The predicted octanol–water partition coefficient (Wildman–Crippen LogP) is 5.72. The summed E-state index contributed by atoms with van der Waals surface area (Å²) in [6.07, 6.45) is 1.78. The zero-order valence-electron chi connectivity index (χ0n) is 20.7. The third kappa shape index (κ3) is 4.49. The fourth-order valence-electron chi connectivity index (χ4n) is 6.57. The molecule has 9 heteroatoms. The molecule has 2 bridgehead atoms. The van der Waals surface area contributed by atoms with E-state index in [9.17, 15) is 19.2 Å². The van der Waals surface area contributed by atoms with E-state index in [0.717, 1.165) is 12.8 Å². The van der Waals surface area contributed by atoms with Crippen LogP contribution in [0, 0.1) is 23.7 Å². The quantitative estimate of drug-likeness (QED) is 0.306. The van der Waals surface area contributed by atoms with Crippen LogP contribution in [0.2, 0.25) is 10.0 Å². The Balaban J connectivity index is 1.14. The SMILES string of the molecule is O=C(COC(=O)c1cccc(N2C(=O)[C@@H]3[C@@H]4C[C@@H]([C@@H]3C2=O)[C@@H](c2ccccc2)C4)c1)Nc1cccc(Cl)c1Cl. The van der Waals surface area contributed by atoms with E-state index in [1.54, 1.807) is 30.3 Å². The first-order chi connectivity index (χ1) is 18.8. The smallest absolute Gasteiger partial charge is 0.338 e. The van der Waals surface area contributed by atoms with Crippen molar-refractivity contribution in [3.8, 4) is 0 Å². The van der Waals surface area contributed by atoms with Crippen LogP contribution in [-0.4, -0.2) is 30.3 Å². The van der Waals surface area contributed by atoms with Crippen molar-refractivity contribution in [2.45, 2.75) is 18.8 Å². The van der Waals surface area contributed by atoms with Crippen LogP contribution in [0.5, 0.6) is 0 Å². The second-order valence-corrected chi connectivity index (χ2v) is 11.0. The number of imide groups is 1. The van der Waals surface area contributed by atoms with Gasteiger partial charge in [-0.1, -0.05) is 65.7 Å². The number of anilines is 2. The Morgan fingerprint density at radius 2 is 1.64 bits per heavy atom. The van der Waals surface area contributed by atoms with Crippen LogP contribution in [-0.2, 0) is 19.1 Å². The maximum absolute atomic E-state index is 13.6. The minimum absolute atomic E-state index is 0.128. The highest BCUT2D eigenvalue weighted by Gasteiger charge is 2.64. The normalized spacial score (nSPS) is 25.1. The molecule has 39 heavy (non-hydrogen) atoms. The summed E-state index contributed by atoms with van der Waals surface area (Å²) in [5.74, 6) is -1.86. The van der Waals surface area contributed by atoms with E-state index in [0.29, 0.717) is 11.4 Å². The number of rotatable bonds is 6. The molecule has 3 aromatic carbocycles. The molecule has 3 amide bonds. The Bertz CT molecular complexity index is 1490. The topological polar surface area (TPSA) is 92.8 Å². The lowest BCUT2D eigenvalue weighted by Crippen LogP contribution is -2.33. The van der Waals surface area contributed by atoms with Gasteiger partial charge in [0.05, 0.1) is 38.8 Å². The second kappa shape index (κ2) is 10.1. The standard InChI is InChI=1S/C30H24Cl2N2O5/c31-22-10-5-11-23(27(22)32)33-24(35)15-39-30(38)17-8-4-9-19(12-17)34-28(36)25-18-13-20(16-6-2-1-3-7-16)21(14-18)26(25)29(34)37/h1-12,18,20-21,25-26H,13-15H2,(H,33,35)/t18-,20+,21+,25+,26-/m0/s1. The average molecular weight is 563 g/mol. The van der Waals surface area contributed by atoms with E-state index >= 15 is 0 Å². The van der Waals surface area contributed by atoms with Gasteiger partial charge in [0.1, 0.15) is 0 Å². The summed E-state index contributed by atoms with van der Waals surface area (Å²) in [4.78, 5) is 53.3. The molecule has 198 valence electrons. The molecule has 2 saturated carbocycles. The number of esters is 1. The first-order valence-corrected chi connectivity index (χ1v) is 13.5. The van der Waals surface area contributed by atoms with Crippen LogP contribution >= 0.6 is 23.2 Å². The molecule has 0 unspecified atom stereocenters. The largest absolute Gasteiger partial charge is 0.452 e. The van der Waals surface area contributed by atoms with Crippen molar-refractivity contribution in [2.24, 2.45) is 23.7 Å². The molecule has 1 N–H and O–H groups in total. The number of nitrogens with zero attached hydrogens (tertiary/aromatic N) is 1. The zero-order valence-corrected chi connectivity index (χ0v) is 22.2. The summed E-state index contributed by atoms with van der Waals surface area (Å²) < 4.78 is 5.17. The highest BCUT2D eigenvalue weighted by molar-refractivity contribution is 6.44. The summed E-state index contributed by atoms with van der Waals surface area (Å²) in [6, 6.07) is 21.2. The number of fused-ring (bicyclic) bond motifs is 5. The van der Waals surface area contributed by atoms with Crippen molar-refractivity contribution >= 4 is 58.3 Å². The lowest BCUT2D eigenvalue weighted by Gasteiger charge is -2.28. The van der Waals surface area contributed by atoms with E-state index in [2.05, 4.69) is 17.4 Å². The van der Waals surface area contributed by atoms with Gasteiger partial charge in [0.15, 0.2) is 6.61 Å². The number of benzene rings is 3. The Hall–Kier alpha value is -3.68. The Labute approximate surface area is 235 Å². The highest BCUT2D eigenvalue weighted by atomic mass is 35.5. The fourth-order valence-corrected chi connectivity index (χ4v) is 6.92. The predicted molar refractivity (Wildman–Crippen MR) is 147 cm³/mol. The Morgan fingerprint density at radius 3 is 2.44 bits per heavy atom. The van der Waals surface area contributed by atoms with Crippen LogP contribution in [0.1, 0.15) is 34.7 Å². The summed E-state index contributed by atoms with van der Waals surface area (Å²) in [6.45, 7) is -0.554. The van der Waals surface area contributed by atoms with E-state index in [1.807, 2.05) is 18.2 Å². The number of nitrogens with one attached hydrogen (secondary N) is 1. The van der Waals surface area contributed by atoms with Gasteiger partial charge in [-0.25, -0.2) is 4.79 Å². The maximum atomic E-state index is 13.6. The molecule has 3 aromatic rings. The molecule has 5 atom stereocenters. The average Bonchev–Trinajstić information content (AvgIpc) is 3.61. The highest BCUT2D eigenvalue weighted by Crippen LogP contribution is 2.61. The van der Waals surface area contributed by atoms with E-state index < -0.39 is 18.5 Å². The summed E-state index contributed by atoms with van der Waals surface area (Å²) >= 11 is 12.0. The van der Waals surface area contributed by atoms with Crippen molar-refractivity contribution in [1.82, 2.24) is 0 Å². The van der Waals surface area contributed by atoms with Gasteiger partial charge in [0, 0.05) is 0 Å². The summed E-state index contributed by atoms with van der Waals surface area (Å²) in [5.41, 5.74) is 1.98. The molecule has 3 aliphatic rings. The van der Waals surface area contributed by atoms with Gasteiger partial charge in [-0.05, 0) is 66.5 Å². The zero-order chi connectivity index (χ0) is 27.3. The lowest BCUT2D eigenvalue weighted by molar-refractivity contribution is -0.123. The van der Waals surface area contributed by atoms with Crippen LogP contribution < -0.4 is 10.2 Å². The molecule has 1 saturated heterocycles. The van der Waals surface area contributed by atoms with E-state index in [1.165, 1.54) is 22.6 Å². The molecular weight excluding hydrogens is 539 g/mol. The van der Waals surface area contributed by atoms with Crippen molar-refractivity contribution in [2.75, 3.05) is 16.8 Å². The van der Waals surface area contributed by atoms with Crippen LogP contribution in [0.4, 0.5) is 11.4 Å². The number of hydrogen-bond donors (Lipinski definition) is 1. The maximum Gasteiger partial charge on any atom is 0.338 e. The number of halogens is 2. The van der Waals surface area contributed by atoms with Gasteiger partial charge in [0.2, 0.25) is 11.8 Å². The Kier molecular flexibility index (Phi) is 6.65. The number of amides is 3. The molecule has 0 radical (unpaired) electrons. The molecule has 0 spiro atoms. The van der Waals surface area contributed by atoms with Crippen LogP contribution in [0.25, 0.3) is 0 Å². The number of ether oxygens (including phenoxy) is 1. The molecule has 1 aliphatic heterocycles. The van der Waals surface area contributed by atoms with E-state index in [4.69, 9.17) is 27.9 Å². The van der Waals surface area contributed by atoms with Crippen LogP contribution in [0.15, 0.2) is 72.8 Å². The van der Waals surface area contributed by atoms with Crippen LogP contribution in [0.3, 0.4) is 0 Å². The lowest BCUT2D eigenvalue weighted by atomic mass is 9.73.